The Labute approximate surface area is 129 Å². The molecule has 0 bridgehead atoms. The van der Waals surface area contributed by atoms with Crippen LogP contribution in [0.4, 0.5) is 4.39 Å². The van der Waals surface area contributed by atoms with Gasteiger partial charge in [-0.1, -0.05) is 20.3 Å². The van der Waals surface area contributed by atoms with Gasteiger partial charge >= 0.3 is 0 Å². The van der Waals surface area contributed by atoms with E-state index >= 15 is 0 Å². The third-order valence-electron chi connectivity index (χ3n) is 3.14. The van der Waals surface area contributed by atoms with Gasteiger partial charge in [-0.2, -0.15) is 0 Å². The predicted octanol–water partition coefficient (Wildman–Crippen LogP) is 2.42. The minimum Gasteiger partial charge on any atom is -0.207 e. The molecule has 9 heteroatoms. The fourth-order valence-corrected chi connectivity index (χ4v) is 3.77. The topological polar surface area (TPSA) is 71.5 Å². The first-order valence-corrected chi connectivity index (χ1v) is 9.95. The van der Waals surface area contributed by atoms with E-state index in [-0.39, 0.29) is 12.5 Å². The Morgan fingerprint density at radius 3 is 2.29 bits per heavy atom. The van der Waals surface area contributed by atoms with Gasteiger partial charge in [-0.25, -0.2) is 25.5 Å². The van der Waals surface area contributed by atoms with Crippen LogP contribution >= 0.6 is 10.7 Å². The fraction of sp³-hybridized carbons (Fsp3) is 0.500. The second-order valence-electron chi connectivity index (χ2n) is 4.83. The lowest BCUT2D eigenvalue weighted by Gasteiger charge is -2.20. The molecule has 0 fully saturated rings. The lowest BCUT2D eigenvalue weighted by molar-refractivity contribution is 0.391. The van der Waals surface area contributed by atoms with Gasteiger partial charge in [-0.05, 0) is 24.1 Å². The van der Waals surface area contributed by atoms with E-state index in [4.69, 9.17) is 10.7 Å². The van der Waals surface area contributed by atoms with E-state index in [2.05, 4.69) is 0 Å². The van der Waals surface area contributed by atoms with Crippen LogP contribution in [-0.4, -0.2) is 34.7 Å². The van der Waals surface area contributed by atoms with Gasteiger partial charge < -0.3 is 0 Å². The highest BCUT2D eigenvalue weighted by atomic mass is 35.7. The van der Waals surface area contributed by atoms with Crippen LogP contribution in [0.2, 0.25) is 0 Å². The van der Waals surface area contributed by atoms with Gasteiger partial charge in [-0.15, -0.1) is 0 Å². The molecule has 0 aliphatic carbocycles. The van der Waals surface area contributed by atoms with Crippen LogP contribution in [0.1, 0.15) is 20.3 Å². The number of rotatable bonds is 6. The largest absolute Gasteiger partial charge is 0.261 e. The van der Waals surface area contributed by atoms with Gasteiger partial charge in [0.25, 0.3) is 9.05 Å². The first kappa shape index (κ1) is 18.3. The zero-order chi connectivity index (χ0) is 16.4. The number of halogens is 2. The summed E-state index contributed by atoms with van der Waals surface area (Å²) in [5, 5.41) is 0. The molecule has 1 aromatic carbocycles. The van der Waals surface area contributed by atoms with Gasteiger partial charge in [0.05, 0.1) is 4.90 Å². The Bertz CT molecular complexity index is 719. The summed E-state index contributed by atoms with van der Waals surface area (Å²) in [4.78, 5) is -1.05. The lowest BCUT2D eigenvalue weighted by atomic mass is 10.1. The van der Waals surface area contributed by atoms with E-state index in [1.54, 1.807) is 0 Å². The van der Waals surface area contributed by atoms with Crippen LogP contribution in [0.25, 0.3) is 0 Å². The van der Waals surface area contributed by atoms with Gasteiger partial charge in [0.15, 0.2) is 0 Å². The summed E-state index contributed by atoms with van der Waals surface area (Å²) >= 11 is 0. The van der Waals surface area contributed by atoms with Gasteiger partial charge in [0, 0.05) is 24.3 Å². The Balaban J connectivity index is 3.21. The molecule has 21 heavy (non-hydrogen) atoms. The molecule has 1 unspecified atom stereocenters. The van der Waals surface area contributed by atoms with Crippen molar-refractivity contribution in [2.45, 2.75) is 30.1 Å². The SMILES string of the molecule is CCC(C)CN(C)S(=O)(=O)c1ccc(S(=O)(=O)Cl)cc1F. The molecule has 0 aliphatic rings. The van der Waals surface area contributed by atoms with Crippen LogP contribution < -0.4 is 0 Å². The highest BCUT2D eigenvalue weighted by Gasteiger charge is 2.26. The second-order valence-corrected chi connectivity index (χ2v) is 9.41. The van der Waals surface area contributed by atoms with Crippen molar-refractivity contribution in [3.8, 4) is 0 Å². The average molecular weight is 358 g/mol. The molecular weight excluding hydrogens is 341 g/mol. The molecule has 0 N–H and O–H groups in total. The Kier molecular flexibility index (Phi) is 5.76. The average Bonchev–Trinajstić information content (AvgIpc) is 2.36. The summed E-state index contributed by atoms with van der Waals surface area (Å²) in [6.45, 7) is 4.05. The third kappa shape index (κ3) is 4.38. The zero-order valence-electron chi connectivity index (χ0n) is 11.9. The van der Waals surface area contributed by atoms with Crippen LogP contribution in [0.5, 0.6) is 0 Å². The van der Waals surface area contributed by atoms with Crippen molar-refractivity contribution in [3.63, 3.8) is 0 Å². The number of hydrogen-bond donors (Lipinski definition) is 0. The van der Waals surface area contributed by atoms with E-state index in [1.165, 1.54) is 7.05 Å². The number of hydrogen-bond acceptors (Lipinski definition) is 4. The van der Waals surface area contributed by atoms with Gasteiger partial charge in [-0.3, -0.25) is 0 Å². The van der Waals surface area contributed by atoms with Crippen molar-refractivity contribution in [3.05, 3.63) is 24.0 Å². The van der Waals surface area contributed by atoms with Crippen molar-refractivity contribution in [1.29, 1.82) is 0 Å². The van der Waals surface area contributed by atoms with Crippen LogP contribution in [0.3, 0.4) is 0 Å². The summed E-state index contributed by atoms with van der Waals surface area (Å²) in [6, 6.07) is 2.48. The molecule has 0 saturated heterocycles. The highest BCUT2D eigenvalue weighted by Crippen LogP contribution is 2.24. The number of benzene rings is 1. The number of nitrogens with zero attached hydrogens (tertiary/aromatic N) is 1. The predicted molar refractivity (Wildman–Crippen MR) is 78.7 cm³/mol. The van der Waals surface area contributed by atoms with Crippen molar-refractivity contribution in [2.24, 2.45) is 5.92 Å². The molecule has 1 atom stereocenters. The molecule has 0 heterocycles. The number of sulfonamides is 1. The maximum atomic E-state index is 13.9. The molecule has 1 aromatic rings. The molecule has 0 radical (unpaired) electrons. The van der Waals surface area contributed by atoms with Gasteiger partial charge in [0.1, 0.15) is 10.7 Å². The molecule has 1 rings (SSSR count). The van der Waals surface area contributed by atoms with Gasteiger partial charge in [0.2, 0.25) is 10.0 Å². The Hall–Kier alpha value is -0.700. The van der Waals surface area contributed by atoms with E-state index in [9.17, 15) is 21.2 Å². The Morgan fingerprint density at radius 1 is 1.29 bits per heavy atom. The molecule has 0 aromatic heterocycles. The molecular formula is C12H17ClFNO4S2. The summed E-state index contributed by atoms with van der Waals surface area (Å²) < 4.78 is 61.7. The highest BCUT2D eigenvalue weighted by molar-refractivity contribution is 8.13. The van der Waals surface area contributed by atoms with Crippen molar-refractivity contribution < 1.29 is 21.2 Å². The minimum atomic E-state index is -4.11. The first-order chi connectivity index (χ1) is 9.50. The molecule has 0 amide bonds. The zero-order valence-corrected chi connectivity index (χ0v) is 14.3. The van der Waals surface area contributed by atoms with Crippen LogP contribution in [-0.2, 0) is 19.1 Å². The summed E-state index contributed by atoms with van der Waals surface area (Å²) in [5.74, 6) is -1.02. The van der Waals surface area contributed by atoms with E-state index in [1.807, 2.05) is 13.8 Å². The monoisotopic (exact) mass is 357 g/mol. The van der Waals surface area contributed by atoms with Crippen molar-refractivity contribution in [1.82, 2.24) is 4.31 Å². The maximum absolute atomic E-state index is 13.9. The molecule has 0 aliphatic heterocycles. The summed E-state index contributed by atoms with van der Waals surface area (Å²) in [5.41, 5.74) is 0. The lowest BCUT2D eigenvalue weighted by Crippen LogP contribution is -2.31. The Morgan fingerprint density at radius 2 is 1.86 bits per heavy atom. The normalized spacial score (nSPS) is 14.4. The summed E-state index contributed by atoms with van der Waals surface area (Å²) in [7, 11) is -1.68. The maximum Gasteiger partial charge on any atom is 0.261 e. The van der Waals surface area contributed by atoms with Crippen molar-refractivity contribution >= 4 is 29.8 Å². The summed E-state index contributed by atoms with van der Waals surface area (Å²) in [6.07, 6.45) is 0.784. The standard InChI is InChI=1S/C12H17ClFNO4S2/c1-4-9(2)8-15(3)21(18,19)12-6-5-10(7-11(12)14)20(13,16)17/h5-7,9H,4,8H2,1-3H3. The minimum absolute atomic E-state index is 0.121. The fourth-order valence-electron chi connectivity index (χ4n) is 1.68. The van der Waals surface area contributed by atoms with E-state index in [0.29, 0.717) is 6.07 Å². The third-order valence-corrected chi connectivity index (χ3v) is 6.35. The van der Waals surface area contributed by atoms with E-state index < -0.39 is 34.7 Å². The van der Waals surface area contributed by atoms with Crippen LogP contribution in [0.15, 0.2) is 28.0 Å². The van der Waals surface area contributed by atoms with Crippen molar-refractivity contribution in [2.75, 3.05) is 13.6 Å². The molecule has 0 saturated carbocycles. The first-order valence-electron chi connectivity index (χ1n) is 6.20. The quantitative estimate of drug-likeness (QED) is 0.733. The molecule has 0 spiro atoms. The second kappa shape index (κ2) is 6.60. The molecule has 5 nitrogen and oxygen atoms in total. The molecule has 120 valence electrons. The van der Waals surface area contributed by atoms with Crippen LogP contribution in [0, 0.1) is 11.7 Å². The van der Waals surface area contributed by atoms with E-state index in [0.717, 1.165) is 22.9 Å². The smallest absolute Gasteiger partial charge is 0.207 e.